The molecule has 6 heteroatoms. The number of hydrogen-bond donors (Lipinski definition) is 2. The zero-order valence-electron chi connectivity index (χ0n) is 7.41. The van der Waals surface area contributed by atoms with Crippen molar-refractivity contribution in [1.82, 2.24) is 4.90 Å². The van der Waals surface area contributed by atoms with Gasteiger partial charge in [0.05, 0.1) is 19.2 Å². The third-order valence-electron chi connectivity index (χ3n) is 1.43. The summed E-state index contributed by atoms with van der Waals surface area (Å²) in [6.07, 6.45) is -2.60. The number of rotatable bonds is 5. The van der Waals surface area contributed by atoms with E-state index in [-0.39, 0.29) is 13.2 Å². The van der Waals surface area contributed by atoms with Crippen molar-refractivity contribution in [3.8, 4) is 0 Å². The zero-order chi connectivity index (χ0) is 10.4. The normalized spacial score (nSPS) is 13.1. The zero-order valence-corrected chi connectivity index (χ0v) is 7.41. The first kappa shape index (κ1) is 12.2. The van der Waals surface area contributed by atoms with Crippen LogP contribution in [0.1, 0.15) is 6.92 Å². The van der Waals surface area contributed by atoms with Crippen LogP contribution in [0.3, 0.4) is 0 Å². The number of amides is 1. The quantitative estimate of drug-likeness (QED) is 0.618. The Morgan fingerprint density at radius 1 is 1.62 bits per heavy atom. The number of carbonyl (C=O) groups is 1. The smallest absolute Gasteiger partial charge is 0.255 e. The maximum absolute atomic E-state index is 11.9. The van der Waals surface area contributed by atoms with E-state index in [1.807, 2.05) is 0 Å². The van der Waals surface area contributed by atoms with E-state index in [1.165, 1.54) is 6.92 Å². The molecular formula is C7H14F2N2O2. The maximum Gasteiger partial charge on any atom is 0.255 e. The third-order valence-corrected chi connectivity index (χ3v) is 1.43. The van der Waals surface area contributed by atoms with Gasteiger partial charge in [-0.25, -0.2) is 8.78 Å². The lowest BCUT2D eigenvalue weighted by Crippen LogP contribution is -2.45. The molecule has 1 atom stereocenters. The van der Waals surface area contributed by atoms with E-state index in [9.17, 15) is 13.6 Å². The summed E-state index contributed by atoms with van der Waals surface area (Å²) in [7, 11) is 0. The van der Waals surface area contributed by atoms with Crippen molar-refractivity contribution in [1.29, 1.82) is 0 Å². The highest BCUT2D eigenvalue weighted by atomic mass is 19.3. The van der Waals surface area contributed by atoms with Crippen LogP contribution >= 0.6 is 0 Å². The molecule has 0 aliphatic rings. The first-order chi connectivity index (χ1) is 5.99. The first-order valence-corrected chi connectivity index (χ1v) is 3.92. The van der Waals surface area contributed by atoms with Gasteiger partial charge in [-0.1, -0.05) is 0 Å². The summed E-state index contributed by atoms with van der Waals surface area (Å²) >= 11 is 0. The van der Waals surface area contributed by atoms with Gasteiger partial charge in [-0.05, 0) is 6.92 Å². The molecule has 3 N–H and O–H groups in total. The van der Waals surface area contributed by atoms with Crippen LogP contribution in [0.15, 0.2) is 0 Å². The van der Waals surface area contributed by atoms with Crippen LogP contribution in [-0.2, 0) is 4.79 Å². The molecule has 0 saturated carbocycles. The minimum absolute atomic E-state index is 0.106. The fourth-order valence-electron chi connectivity index (χ4n) is 0.867. The monoisotopic (exact) mass is 196 g/mol. The Bertz CT molecular complexity index is 165. The number of nitrogens with zero attached hydrogens (tertiary/aromatic N) is 1. The van der Waals surface area contributed by atoms with E-state index in [0.717, 1.165) is 4.90 Å². The Hall–Kier alpha value is -0.750. The van der Waals surface area contributed by atoms with Gasteiger partial charge in [-0.15, -0.1) is 0 Å². The average molecular weight is 196 g/mol. The first-order valence-electron chi connectivity index (χ1n) is 3.92. The standard InChI is InChI=1S/C7H14F2N2O2/c1-5(10)7(13)11(2-3-12)4-6(8)9/h5-6,12H,2-4,10H2,1H3. The van der Waals surface area contributed by atoms with E-state index >= 15 is 0 Å². The molecule has 4 nitrogen and oxygen atoms in total. The predicted octanol–water partition coefficient (Wildman–Crippen LogP) is -0.580. The molecule has 0 aromatic carbocycles. The molecule has 0 spiro atoms. The van der Waals surface area contributed by atoms with Crippen molar-refractivity contribution in [3.63, 3.8) is 0 Å². The number of halogens is 2. The minimum Gasteiger partial charge on any atom is -0.395 e. The molecule has 0 rings (SSSR count). The fraction of sp³-hybridized carbons (Fsp3) is 0.857. The topological polar surface area (TPSA) is 66.6 Å². The summed E-state index contributed by atoms with van der Waals surface area (Å²) in [5, 5.41) is 8.50. The molecule has 13 heavy (non-hydrogen) atoms. The predicted molar refractivity (Wildman–Crippen MR) is 43.3 cm³/mol. The summed E-state index contributed by atoms with van der Waals surface area (Å²) < 4.78 is 23.8. The van der Waals surface area contributed by atoms with E-state index in [2.05, 4.69) is 0 Å². The van der Waals surface area contributed by atoms with Crippen LogP contribution in [0.25, 0.3) is 0 Å². The lowest BCUT2D eigenvalue weighted by atomic mass is 10.3. The second-order valence-corrected chi connectivity index (χ2v) is 2.69. The summed E-state index contributed by atoms with van der Waals surface area (Å²) in [4.78, 5) is 12.0. The van der Waals surface area contributed by atoms with Gasteiger partial charge in [0.25, 0.3) is 6.43 Å². The molecule has 0 aliphatic carbocycles. The fourth-order valence-corrected chi connectivity index (χ4v) is 0.867. The second kappa shape index (κ2) is 5.82. The van der Waals surface area contributed by atoms with Crippen LogP contribution < -0.4 is 5.73 Å². The number of hydrogen-bond acceptors (Lipinski definition) is 3. The number of aliphatic hydroxyl groups excluding tert-OH is 1. The van der Waals surface area contributed by atoms with Gasteiger partial charge < -0.3 is 15.7 Å². The summed E-state index contributed by atoms with van der Waals surface area (Å²) in [6, 6.07) is -0.815. The van der Waals surface area contributed by atoms with Crippen molar-refractivity contribution >= 4 is 5.91 Å². The molecular weight excluding hydrogens is 182 g/mol. The Kier molecular flexibility index (Phi) is 5.48. The summed E-state index contributed by atoms with van der Waals surface area (Å²) in [5.74, 6) is -0.575. The minimum atomic E-state index is -2.60. The van der Waals surface area contributed by atoms with Crippen molar-refractivity contribution in [2.45, 2.75) is 19.4 Å². The van der Waals surface area contributed by atoms with Gasteiger partial charge in [0.1, 0.15) is 0 Å². The highest BCUT2D eigenvalue weighted by molar-refractivity contribution is 5.81. The molecule has 78 valence electrons. The van der Waals surface area contributed by atoms with Crippen molar-refractivity contribution in [2.75, 3.05) is 19.7 Å². The number of alkyl halides is 2. The largest absolute Gasteiger partial charge is 0.395 e. The molecule has 1 unspecified atom stereocenters. The van der Waals surface area contributed by atoms with Gasteiger partial charge in [-0.3, -0.25) is 4.79 Å². The molecule has 0 aliphatic heterocycles. The molecule has 0 heterocycles. The van der Waals surface area contributed by atoms with Crippen molar-refractivity contribution in [3.05, 3.63) is 0 Å². The lowest BCUT2D eigenvalue weighted by molar-refractivity contribution is -0.134. The Labute approximate surface area is 75.3 Å². The maximum atomic E-state index is 11.9. The number of carbonyl (C=O) groups excluding carboxylic acids is 1. The SMILES string of the molecule is CC(N)C(=O)N(CCO)CC(F)F. The summed E-state index contributed by atoms with van der Waals surface area (Å²) in [5.41, 5.74) is 5.23. The van der Waals surface area contributed by atoms with E-state index < -0.39 is 24.9 Å². The van der Waals surface area contributed by atoms with Crippen molar-refractivity contribution < 1.29 is 18.7 Å². The highest BCUT2D eigenvalue weighted by Crippen LogP contribution is 2.00. The van der Waals surface area contributed by atoms with Gasteiger partial charge in [-0.2, -0.15) is 0 Å². The molecule has 1 amide bonds. The van der Waals surface area contributed by atoms with E-state index in [0.29, 0.717) is 0 Å². The molecule has 0 radical (unpaired) electrons. The second-order valence-electron chi connectivity index (χ2n) is 2.69. The lowest BCUT2D eigenvalue weighted by Gasteiger charge is -2.22. The Morgan fingerprint density at radius 2 is 2.15 bits per heavy atom. The average Bonchev–Trinajstić information content (AvgIpc) is 2.01. The van der Waals surface area contributed by atoms with E-state index in [4.69, 9.17) is 10.8 Å². The molecule has 0 saturated heterocycles. The van der Waals surface area contributed by atoms with Crippen LogP contribution in [0.2, 0.25) is 0 Å². The number of aliphatic hydroxyl groups is 1. The Morgan fingerprint density at radius 3 is 2.46 bits per heavy atom. The van der Waals surface area contributed by atoms with Crippen LogP contribution in [0.5, 0.6) is 0 Å². The van der Waals surface area contributed by atoms with Crippen molar-refractivity contribution in [2.24, 2.45) is 5.73 Å². The molecule has 0 fully saturated rings. The van der Waals surface area contributed by atoms with Crippen LogP contribution in [0, 0.1) is 0 Å². The van der Waals surface area contributed by atoms with Gasteiger partial charge in [0.15, 0.2) is 0 Å². The highest BCUT2D eigenvalue weighted by Gasteiger charge is 2.20. The van der Waals surface area contributed by atoms with Gasteiger partial charge in [0.2, 0.25) is 5.91 Å². The molecule has 0 bridgehead atoms. The molecule has 0 aromatic rings. The third kappa shape index (κ3) is 4.74. The summed E-state index contributed by atoms with van der Waals surface area (Å²) in [6.45, 7) is 0.287. The molecule has 0 aromatic heterocycles. The van der Waals surface area contributed by atoms with Crippen LogP contribution in [-0.4, -0.2) is 48.1 Å². The van der Waals surface area contributed by atoms with E-state index in [1.54, 1.807) is 0 Å². The number of nitrogens with two attached hydrogens (primary N) is 1. The van der Waals surface area contributed by atoms with Gasteiger partial charge >= 0.3 is 0 Å². The van der Waals surface area contributed by atoms with Gasteiger partial charge in [0, 0.05) is 6.54 Å². The van der Waals surface area contributed by atoms with Crippen LogP contribution in [0.4, 0.5) is 8.78 Å². The Balaban J connectivity index is 4.15.